The van der Waals surface area contributed by atoms with Gasteiger partial charge in [0.1, 0.15) is 0 Å². The molecule has 6 heteroatoms. The van der Waals surface area contributed by atoms with E-state index in [2.05, 4.69) is 0 Å². The molecule has 6 nitrogen and oxygen atoms in total. The number of rotatable bonds is 2. The van der Waals surface area contributed by atoms with Crippen molar-refractivity contribution in [2.24, 2.45) is 11.8 Å². The Morgan fingerprint density at radius 1 is 1.27 bits per heavy atom. The zero-order chi connectivity index (χ0) is 11.0. The van der Waals surface area contributed by atoms with Crippen molar-refractivity contribution in [1.82, 2.24) is 4.90 Å². The molecule has 2 aliphatic heterocycles. The van der Waals surface area contributed by atoms with Crippen LogP contribution in [0.5, 0.6) is 0 Å². The van der Waals surface area contributed by atoms with E-state index in [0.717, 1.165) is 0 Å². The van der Waals surface area contributed by atoms with Crippen LogP contribution in [0.3, 0.4) is 0 Å². The highest BCUT2D eigenvalue weighted by Crippen LogP contribution is 2.32. The highest BCUT2D eigenvalue weighted by atomic mass is 16.5. The standard InChI is InChI=1S/C9H13NO5/c11-8(12)5-3-10-1-2-15-4-6(10)7(5)9(13)14/h5-7H,1-4H2,(H,11,12)(H,13,14)/t5-,6+,7-/m1/s1. The Hall–Kier alpha value is -1.14. The molecular formula is C9H13NO5. The van der Waals surface area contributed by atoms with Crippen LogP contribution in [0.2, 0.25) is 0 Å². The van der Waals surface area contributed by atoms with Crippen molar-refractivity contribution in [2.75, 3.05) is 26.3 Å². The molecule has 0 saturated carbocycles. The minimum absolute atomic E-state index is 0.280. The number of carboxylic acid groups (broad SMARTS) is 2. The fraction of sp³-hybridized carbons (Fsp3) is 0.778. The molecule has 0 aromatic carbocycles. The van der Waals surface area contributed by atoms with E-state index in [9.17, 15) is 9.59 Å². The summed E-state index contributed by atoms with van der Waals surface area (Å²) in [6.45, 7) is 1.81. The first-order valence-electron chi connectivity index (χ1n) is 4.88. The Morgan fingerprint density at radius 2 is 2.00 bits per heavy atom. The van der Waals surface area contributed by atoms with Crippen LogP contribution in [0, 0.1) is 11.8 Å². The van der Waals surface area contributed by atoms with Crippen LogP contribution < -0.4 is 0 Å². The predicted octanol–water partition coefficient (Wildman–Crippen LogP) is -0.898. The van der Waals surface area contributed by atoms with E-state index in [1.54, 1.807) is 0 Å². The second kappa shape index (κ2) is 3.79. The maximum atomic E-state index is 11.0. The molecule has 84 valence electrons. The van der Waals surface area contributed by atoms with Crippen molar-refractivity contribution in [3.8, 4) is 0 Å². The molecule has 0 aromatic rings. The van der Waals surface area contributed by atoms with Gasteiger partial charge in [-0.2, -0.15) is 0 Å². The van der Waals surface area contributed by atoms with E-state index >= 15 is 0 Å². The second-order valence-electron chi connectivity index (χ2n) is 3.95. The minimum atomic E-state index is -1.04. The van der Waals surface area contributed by atoms with Gasteiger partial charge in [-0.05, 0) is 0 Å². The fourth-order valence-electron chi connectivity index (χ4n) is 2.42. The Kier molecular flexibility index (Phi) is 2.62. The van der Waals surface area contributed by atoms with E-state index in [1.165, 1.54) is 0 Å². The maximum absolute atomic E-state index is 11.0. The zero-order valence-corrected chi connectivity index (χ0v) is 8.13. The zero-order valence-electron chi connectivity index (χ0n) is 8.13. The van der Waals surface area contributed by atoms with Crippen LogP contribution in [0.25, 0.3) is 0 Å². The van der Waals surface area contributed by atoms with Crippen LogP contribution in [-0.2, 0) is 14.3 Å². The van der Waals surface area contributed by atoms with Crippen LogP contribution in [-0.4, -0.2) is 59.4 Å². The maximum Gasteiger partial charge on any atom is 0.309 e. The van der Waals surface area contributed by atoms with E-state index in [4.69, 9.17) is 14.9 Å². The fourth-order valence-corrected chi connectivity index (χ4v) is 2.42. The summed E-state index contributed by atoms with van der Waals surface area (Å²) >= 11 is 0. The lowest BCUT2D eigenvalue weighted by Gasteiger charge is -2.30. The summed E-state index contributed by atoms with van der Waals surface area (Å²) in [5.41, 5.74) is 0. The van der Waals surface area contributed by atoms with Gasteiger partial charge in [0.15, 0.2) is 0 Å². The average molecular weight is 215 g/mol. The molecule has 0 unspecified atom stereocenters. The number of ether oxygens (including phenoxy) is 1. The van der Waals surface area contributed by atoms with Gasteiger partial charge in [-0.25, -0.2) is 0 Å². The summed E-state index contributed by atoms with van der Waals surface area (Å²) in [4.78, 5) is 23.9. The van der Waals surface area contributed by atoms with Crippen LogP contribution in [0.1, 0.15) is 0 Å². The van der Waals surface area contributed by atoms with Crippen molar-refractivity contribution < 1.29 is 24.5 Å². The SMILES string of the molecule is O=C(O)[C@@H]1[C@H](C(=O)O)CN2CCOC[C@@H]12. The number of morpholine rings is 1. The van der Waals surface area contributed by atoms with Gasteiger partial charge in [0.2, 0.25) is 0 Å². The molecule has 0 aliphatic carbocycles. The van der Waals surface area contributed by atoms with Crippen molar-refractivity contribution in [3.63, 3.8) is 0 Å². The molecule has 2 rings (SSSR count). The Bertz CT molecular complexity index is 292. The van der Waals surface area contributed by atoms with Gasteiger partial charge in [0.25, 0.3) is 0 Å². The van der Waals surface area contributed by atoms with Crippen LogP contribution >= 0.6 is 0 Å². The third kappa shape index (κ3) is 1.70. The molecule has 3 atom stereocenters. The Labute approximate surface area is 86.4 Å². The minimum Gasteiger partial charge on any atom is -0.481 e. The molecule has 0 bridgehead atoms. The van der Waals surface area contributed by atoms with Crippen molar-refractivity contribution in [2.45, 2.75) is 6.04 Å². The summed E-state index contributed by atoms with van der Waals surface area (Å²) < 4.78 is 5.19. The van der Waals surface area contributed by atoms with Crippen LogP contribution in [0.15, 0.2) is 0 Å². The van der Waals surface area contributed by atoms with E-state index < -0.39 is 23.8 Å². The normalized spacial score (nSPS) is 36.1. The molecule has 2 heterocycles. The van der Waals surface area contributed by atoms with Gasteiger partial charge in [-0.1, -0.05) is 0 Å². The third-order valence-electron chi connectivity index (χ3n) is 3.16. The summed E-state index contributed by atoms with van der Waals surface area (Å²) in [6.07, 6.45) is 0. The Balaban J connectivity index is 2.21. The van der Waals surface area contributed by atoms with Gasteiger partial charge in [0, 0.05) is 19.1 Å². The average Bonchev–Trinajstić information content (AvgIpc) is 2.56. The lowest BCUT2D eigenvalue weighted by molar-refractivity contribution is -0.153. The number of hydrogen-bond acceptors (Lipinski definition) is 4. The molecule has 0 spiro atoms. The van der Waals surface area contributed by atoms with Crippen molar-refractivity contribution >= 4 is 11.9 Å². The molecule has 15 heavy (non-hydrogen) atoms. The molecule has 0 amide bonds. The first kappa shape index (κ1) is 10.4. The number of aliphatic carboxylic acids is 2. The van der Waals surface area contributed by atoms with Gasteiger partial charge in [0.05, 0.1) is 25.0 Å². The highest BCUT2D eigenvalue weighted by Gasteiger charge is 2.50. The first-order chi connectivity index (χ1) is 7.11. The lowest BCUT2D eigenvalue weighted by atomic mass is 9.91. The summed E-state index contributed by atoms with van der Waals surface area (Å²) in [6, 6.07) is -0.280. The first-order valence-corrected chi connectivity index (χ1v) is 4.88. The van der Waals surface area contributed by atoms with E-state index in [-0.39, 0.29) is 6.04 Å². The summed E-state index contributed by atoms with van der Waals surface area (Å²) in [5.74, 6) is -3.73. The topological polar surface area (TPSA) is 87.1 Å². The van der Waals surface area contributed by atoms with Crippen molar-refractivity contribution in [3.05, 3.63) is 0 Å². The molecule has 2 saturated heterocycles. The van der Waals surface area contributed by atoms with Gasteiger partial charge in [-0.3, -0.25) is 14.5 Å². The second-order valence-corrected chi connectivity index (χ2v) is 3.95. The summed E-state index contributed by atoms with van der Waals surface area (Å²) in [7, 11) is 0. The molecule has 0 radical (unpaired) electrons. The molecule has 2 aliphatic rings. The molecular weight excluding hydrogens is 202 g/mol. The van der Waals surface area contributed by atoms with E-state index in [0.29, 0.717) is 26.3 Å². The predicted molar refractivity (Wildman–Crippen MR) is 48.4 cm³/mol. The smallest absolute Gasteiger partial charge is 0.309 e. The lowest BCUT2D eigenvalue weighted by Crippen LogP contribution is -2.45. The van der Waals surface area contributed by atoms with Gasteiger partial charge in [-0.15, -0.1) is 0 Å². The Morgan fingerprint density at radius 3 is 2.60 bits per heavy atom. The van der Waals surface area contributed by atoms with Gasteiger partial charge >= 0.3 is 11.9 Å². The largest absolute Gasteiger partial charge is 0.481 e. The molecule has 0 aromatic heterocycles. The molecule has 2 N–H and O–H groups in total. The number of carbonyl (C=O) groups is 2. The van der Waals surface area contributed by atoms with Gasteiger partial charge < -0.3 is 14.9 Å². The molecule has 2 fully saturated rings. The summed E-state index contributed by atoms with van der Waals surface area (Å²) in [5, 5.41) is 18.0. The van der Waals surface area contributed by atoms with Crippen molar-refractivity contribution in [1.29, 1.82) is 0 Å². The number of hydrogen-bond donors (Lipinski definition) is 2. The number of fused-ring (bicyclic) bond motifs is 1. The third-order valence-corrected chi connectivity index (χ3v) is 3.16. The number of nitrogens with zero attached hydrogens (tertiary/aromatic N) is 1. The van der Waals surface area contributed by atoms with E-state index in [1.807, 2.05) is 4.90 Å². The monoisotopic (exact) mass is 215 g/mol. The quantitative estimate of drug-likeness (QED) is 0.621. The van der Waals surface area contributed by atoms with Crippen LogP contribution in [0.4, 0.5) is 0 Å². The highest BCUT2D eigenvalue weighted by molar-refractivity contribution is 5.81. The number of carboxylic acids is 2.